The smallest absolute Gasteiger partial charge is 0.143 e. The summed E-state index contributed by atoms with van der Waals surface area (Å²) in [4.78, 5) is 2.40. The summed E-state index contributed by atoms with van der Waals surface area (Å²) in [6.07, 6.45) is 0. The zero-order chi connectivity index (χ0) is 42.5. The summed E-state index contributed by atoms with van der Waals surface area (Å²) in [6, 6.07) is 76.6. The van der Waals surface area contributed by atoms with Gasteiger partial charge in [-0.1, -0.05) is 166 Å². The topological polar surface area (TPSA) is 29.5 Å². The molecule has 0 saturated heterocycles. The van der Waals surface area contributed by atoms with Crippen LogP contribution < -0.4 is 4.90 Å². The quantitative estimate of drug-likeness (QED) is 0.167. The van der Waals surface area contributed by atoms with E-state index in [-0.39, 0.29) is 5.41 Å². The van der Waals surface area contributed by atoms with Gasteiger partial charge >= 0.3 is 0 Å². The molecule has 0 N–H and O–H groups in total. The van der Waals surface area contributed by atoms with E-state index < -0.39 is 0 Å². The first-order valence-corrected chi connectivity index (χ1v) is 22.1. The SMILES string of the molecule is CC1(C)c2ccccc2-c2ccc(N(c3ccc(-c4ccccc4)cc3)c3ccc(-c4ccc5c(oc6ccc7oc8ccccc8c7c65)c4-c4cccc5ccccc45)cc3)cc21. The summed E-state index contributed by atoms with van der Waals surface area (Å²) < 4.78 is 13.4. The van der Waals surface area contributed by atoms with Crippen molar-refractivity contribution in [2.24, 2.45) is 0 Å². The number of hydrogen-bond acceptors (Lipinski definition) is 3. The Hall–Kier alpha value is -8.14. The Morgan fingerprint density at radius 2 is 0.938 bits per heavy atom. The Kier molecular flexibility index (Phi) is 7.95. The third-order valence-corrected chi connectivity index (χ3v) is 13.7. The molecule has 0 atom stereocenters. The van der Waals surface area contributed by atoms with Gasteiger partial charge in [0.15, 0.2) is 0 Å². The fourth-order valence-corrected chi connectivity index (χ4v) is 10.6. The van der Waals surface area contributed by atoms with Crippen molar-refractivity contribution in [3.8, 4) is 44.5 Å². The predicted octanol–water partition coefficient (Wildman–Crippen LogP) is 17.4. The van der Waals surface area contributed by atoms with Gasteiger partial charge in [0, 0.05) is 49.6 Å². The molecule has 0 unspecified atom stereocenters. The lowest BCUT2D eigenvalue weighted by molar-refractivity contribution is 0.660. The van der Waals surface area contributed by atoms with Crippen LogP contribution in [0, 0.1) is 0 Å². The third-order valence-electron chi connectivity index (χ3n) is 13.7. The molecule has 3 heteroatoms. The molecule has 0 bridgehead atoms. The summed E-state index contributed by atoms with van der Waals surface area (Å²) in [6.45, 7) is 4.70. The molecular formula is C61H41NO2. The highest BCUT2D eigenvalue weighted by Crippen LogP contribution is 2.52. The molecule has 64 heavy (non-hydrogen) atoms. The molecule has 12 aromatic rings. The Morgan fingerprint density at radius 3 is 1.75 bits per heavy atom. The van der Waals surface area contributed by atoms with E-state index in [4.69, 9.17) is 8.83 Å². The number of para-hydroxylation sites is 1. The van der Waals surface area contributed by atoms with Crippen molar-refractivity contribution in [2.45, 2.75) is 19.3 Å². The first kappa shape index (κ1) is 36.5. The summed E-state index contributed by atoms with van der Waals surface area (Å²) in [7, 11) is 0. The van der Waals surface area contributed by atoms with Crippen molar-refractivity contribution in [1.82, 2.24) is 0 Å². The minimum atomic E-state index is -0.127. The van der Waals surface area contributed by atoms with Crippen molar-refractivity contribution < 1.29 is 8.83 Å². The molecule has 0 spiro atoms. The minimum Gasteiger partial charge on any atom is -0.456 e. The lowest BCUT2D eigenvalue weighted by atomic mass is 9.82. The molecule has 13 rings (SSSR count). The predicted molar refractivity (Wildman–Crippen MR) is 267 cm³/mol. The fraction of sp³-hybridized carbons (Fsp3) is 0.0492. The van der Waals surface area contributed by atoms with Gasteiger partial charge in [-0.15, -0.1) is 0 Å². The van der Waals surface area contributed by atoms with E-state index in [1.165, 1.54) is 44.2 Å². The van der Waals surface area contributed by atoms with E-state index >= 15 is 0 Å². The highest BCUT2D eigenvalue weighted by molar-refractivity contribution is 6.28. The van der Waals surface area contributed by atoms with Crippen LogP contribution in [0.3, 0.4) is 0 Å². The van der Waals surface area contributed by atoms with Crippen molar-refractivity contribution in [2.75, 3.05) is 4.90 Å². The maximum atomic E-state index is 7.02. The minimum absolute atomic E-state index is 0.127. The van der Waals surface area contributed by atoms with Crippen LogP contribution in [0.2, 0.25) is 0 Å². The molecule has 2 heterocycles. The first-order chi connectivity index (χ1) is 31.5. The fourth-order valence-electron chi connectivity index (χ4n) is 10.6. The van der Waals surface area contributed by atoms with Crippen LogP contribution in [0.5, 0.6) is 0 Å². The van der Waals surface area contributed by atoms with Gasteiger partial charge in [0.1, 0.15) is 22.3 Å². The van der Waals surface area contributed by atoms with Crippen LogP contribution in [-0.2, 0) is 5.41 Å². The average Bonchev–Trinajstić information content (AvgIpc) is 3.99. The van der Waals surface area contributed by atoms with E-state index in [0.717, 1.165) is 83.2 Å². The number of rotatable bonds is 6. The number of anilines is 3. The molecule has 1 aliphatic rings. The second kappa shape index (κ2) is 13.9. The zero-order valence-corrected chi connectivity index (χ0v) is 35.5. The summed E-state index contributed by atoms with van der Waals surface area (Å²) in [5, 5.41) is 6.70. The van der Waals surface area contributed by atoms with Gasteiger partial charge < -0.3 is 13.7 Å². The number of hydrogen-bond donors (Lipinski definition) is 0. The molecule has 302 valence electrons. The Balaban J connectivity index is 0.995. The average molecular weight is 820 g/mol. The van der Waals surface area contributed by atoms with Crippen LogP contribution in [-0.4, -0.2) is 0 Å². The van der Waals surface area contributed by atoms with Gasteiger partial charge in [-0.2, -0.15) is 0 Å². The summed E-state index contributed by atoms with van der Waals surface area (Å²) in [5.74, 6) is 0. The second-order valence-corrected chi connectivity index (χ2v) is 17.6. The van der Waals surface area contributed by atoms with Gasteiger partial charge in [0.2, 0.25) is 0 Å². The molecule has 0 radical (unpaired) electrons. The maximum absolute atomic E-state index is 7.02. The van der Waals surface area contributed by atoms with Gasteiger partial charge in [-0.25, -0.2) is 0 Å². The largest absolute Gasteiger partial charge is 0.456 e. The van der Waals surface area contributed by atoms with Crippen LogP contribution in [0.1, 0.15) is 25.0 Å². The molecule has 0 saturated carbocycles. The standard InChI is InChI=1S/C61H41NO2/c1-61(2)52-21-10-8-18-47(52)48-32-31-44(37-53(48)61)62(42-27-23-39(24-28-42)38-13-4-3-5-14-38)43-29-25-41(26-30-43)46-33-34-51-59-56(36-35-55-58(59)50-19-9-11-22-54(50)63-55)64-60(51)57(46)49-20-12-16-40-15-6-7-17-45(40)49/h3-37H,1-2H3. The molecule has 1 aliphatic carbocycles. The van der Waals surface area contributed by atoms with Crippen LogP contribution in [0.15, 0.2) is 221 Å². The van der Waals surface area contributed by atoms with Crippen molar-refractivity contribution in [3.63, 3.8) is 0 Å². The van der Waals surface area contributed by atoms with Crippen LogP contribution >= 0.6 is 0 Å². The van der Waals surface area contributed by atoms with Gasteiger partial charge in [-0.05, 0) is 122 Å². The van der Waals surface area contributed by atoms with Gasteiger partial charge in [0.05, 0.1) is 0 Å². The number of furan rings is 2. The lowest BCUT2D eigenvalue weighted by Crippen LogP contribution is -2.16. The van der Waals surface area contributed by atoms with Crippen LogP contribution in [0.4, 0.5) is 17.1 Å². The monoisotopic (exact) mass is 819 g/mol. The Morgan fingerprint density at radius 1 is 0.359 bits per heavy atom. The first-order valence-electron chi connectivity index (χ1n) is 22.1. The van der Waals surface area contributed by atoms with E-state index in [9.17, 15) is 0 Å². The molecule has 0 aliphatic heterocycles. The van der Waals surface area contributed by atoms with E-state index in [2.05, 4.69) is 213 Å². The molecule has 10 aromatic carbocycles. The van der Waals surface area contributed by atoms with E-state index in [1.54, 1.807) is 0 Å². The molecule has 2 aromatic heterocycles. The second-order valence-electron chi connectivity index (χ2n) is 17.6. The highest BCUT2D eigenvalue weighted by Gasteiger charge is 2.36. The Bertz CT molecular complexity index is 3790. The third kappa shape index (κ3) is 5.47. The molecule has 0 fully saturated rings. The van der Waals surface area contributed by atoms with Gasteiger partial charge in [-0.3, -0.25) is 0 Å². The molecule has 0 amide bonds. The van der Waals surface area contributed by atoms with Crippen molar-refractivity contribution in [1.29, 1.82) is 0 Å². The van der Waals surface area contributed by atoms with Crippen LogP contribution in [0.25, 0.3) is 99.2 Å². The Labute approximate surface area is 371 Å². The van der Waals surface area contributed by atoms with Gasteiger partial charge in [0.25, 0.3) is 0 Å². The number of benzene rings is 10. The maximum Gasteiger partial charge on any atom is 0.143 e. The summed E-state index contributed by atoms with van der Waals surface area (Å²) in [5.41, 5.74) is 18.8. The summed E-state index contributed by atoms with van der Waals surface area (Å²) >= 11 is 0. The normalized spacial score (nSPS) is 13.0. The number of fused-ring (bicyclic) bond motifs is 11. The van der Waals surface area contributed by atoms with Crippen molar-refractivity contribution in [3.05, 3.63) is 223 Å². The lowest BCUT2D eigenvalue weighted by Gasteiger charge is -2.28. The molecular weight excluding hydrogens is 779 g/mol. The number of nitrogens with zero attached hydrogens (tertiary/aromatic N) is 1. The van der Waals surface area contributed by atoms with Crippen molar-refractivity contribution >= 4 is 71.7 Å². The molecule has 3 nitrogen and oxygen atoms in total. The van der Waals surface area contributed by atoms with E-state index in [1.807, 2.05) is 18.2 Å². The highest BCUT2D eigenvalue weighted by atomic mass is 16.3. The van der Waals surface area contributed by atoms with E-state index in [0.29, 0.717) is 0 Å². The zero-order valence-electron chi connectivity index (χ0n) is 35.5.